The molecule has 0 bridgehead atoms. The topological polar surface area (TPSA) is 55.6 Å². The Bertz CT molecular complexity index is 562. The van der Waals surface area contributed by atoms with Crippen molar-refractivity contribution >= 4 is 33.4 Å². The smallest absolute Gasteiger partial charge is 0.414 e. The minimum atomic E-state index is -0.520. The van der Waals surface area contributed by atoms with Gasteiger partial charge in [0.1, 0.15) is 5.60 Å². The van der Waals surface area contributed by atoms with Gasteiger partial charge in [0.05, 0.1) is 11.4 Å². The van der Waals surface area contributed by atoms with Gasteiger partial charge >= 0.3 is 6.09 Å². The van der Waals surface area contributed by atoms with Crippen molar-refractivity contribution in [1.82, 2.24) is 0 Å². The second-order valence-corrected chi connectivity index (χ2v) is 7.76. The van der Waals surface area contributed by atoms with Gasteiger partial charge in [0, 0.05) is 16.4 Å². The summed E-state index contributed by atoms with van der Waals surface area (Å²) in [5.41, 5.74) is 7.86. The van der Waals surface area contributed by atoms with Gasteiger partial charge in [0.25, 0.3) is 0 Å². The number of carbonyl (C=O) groups excluding carboxylic acids is 1. The molecule has 0 aliphatic carbocycles. The van der Waals surface area contributed by atoms with E-state index in [2.05, 4.69) is 29.8 Å². The SMILES string of the molecule is CC(C)(C)OC(=O)N1CC(C)(C)c2cc(Br)cc(N)c21. The third-order valence-electron chi connectivity index (χ3n) is 3.27. The number of nitrogen functional groups attached to an aromatic ring is 1. The number of anilines is 2. The number of nitrogens with two attached hydrogens (primary N) is 1. The monoisotopic (exact) mass is 340 g/mol. The fraction of sp³-hybridized carbons (Fsp3) is 0.533. The third kappa shape index (κ3) is 2.77. The van der Waals surface area contributed by atoms with Crippen molar-refractivity contribution < 1.29 is 9.53 Å². The van der Waals surface area contributed by atoms with Crippen LogP contribution in [-0.4, -0.2) is 18.2 Å². The lowest BCUT2D eigenvalue weighted by atomic mass is 9.87. The zero-order chi connectivity index (χ0) is 15.3. The normalized spacial score (nSPS) is 17.0. The first-order valence-corrected chi connectivity index (χ1v) is 7.40. The minimum Gasteiger partial charge on any atom is -0.443 e. The summed E-state index contributed by atoms with van der Waals surface area (Å²) in [4.78, 5) is 14.0. The first kappa shape index (κ1) is 15.2. The van der Waals surface area contributed by atoms with Crippen LogP contribution in [0, 0.1) is 0 Å². The Hall–Kier alpha value is -1.23. The van der Waals surface area contributed by atoms with E-state index in [9.17, 15) is 4.79 Å². The fourth-order valence-electron chi connectivity index (χ4n) is 2.47. The van der Waals surface area contributed by atoms with E-state index in [-0.39, 0.29) is 11.5 Å². The highest BCUT2D eigenvalue weighted by atomic mass is 79.9. The molecule has 1 amide bonds. The maximum Gasteiger partial charge on any atom is 0.414 e. The number of benzene rings is 1. The second kappa shape index (κ2) is 4.65. The predicted molar refractivity (Wildman–Crippen MR) is 85.2 cm³/mol. The summed E-state index contributed by atoms with van der Waals surface area (Å²) in [7, 11) is 0. The standard InChI is InChI=1S/C15H21BrN2O2/c1-14(2,3)20-13(19)18-8-15(4,5)10-6-9(16)7-11(17)12(10)18/h6-7H,8,17H2,1-5H3. The van der Waals surface area contributed by atoms with Gasteiger partial charge in [0.15, 0.2) is 0 Å². The number of carbonyl (C=O) groups is 1. The van der Waals surface area contributed by atoms with Crippen LogP contribution in [0.15, 0.2) is 16.6 Å². The molecule has 2 rings (SSSR count). The Morgan fingerprint density at radius 2 is 2.00 bits per heavy atom. The minimum absolute atomic E-state index is 0.149. The van der Waals surface area contributed by atoms with Gasteiger partial charge < -0.3 is 10.5 Å². The molecule has 0 saturated heterocycles. The van der Waals surface area contributed by atoms with Crippen molar-refractivity contribution in [2.45, 2.75) is 45.6 Å². The van der Waals surface area contributed by atoms with Gasteiger partial charge in [-0.3, -0.25) is 4.90 Å². The van der Waals surface area contributed by atoms with Crippen LogP contribution in [0.2, 0.25) is 0 Å². The number of amides is 1. The van der Waals surface area contributed by atoms with Gasteiger partial charge in [-0.1, -0.05) is 29.8 Å². The molecule has 20 heavy (non-hydrogen) atoms. The fourth-order valence-corrected chi connectivity index (χ4v) is 2.95. The summed E-state index contributed by atoms with van der Waals surface area (Å²) in [6.45, 7) is 10.3. The molecular weight excluding hydrogens is 320 g/mol. The van der Waals surface area contributed by atoms with E-state index in [0.717, 1.165) is 15.7 Å². The van der Waals surface area contributed by atoms with E-state index in [1.54, 1.807) is 4.90 Å². The predicted octanol–water partition coefficient (Wildman–Crippen LogP) is 4.06. The lowest BCUT2D eigenvalue weighted by molar-refractivity contribution is 0.0579. The zero-order valence-electron chi connectivity index (χ0n) is 12.6. The van der Waals surface area contributed by atoms with Crippen LogP contribution in [0.4, 0.5) is 16.2 Å². The van der Waals surface area contributed by atoms with E-state index in [1.807, 2.05) is 32.9 Å². The molecule has 0 atom stereocenters. The molecule has 1 aromatic rings. The van der Waals surface area contributed by atoms with Crippen molar-refractivity contribution in [3.8, 4) is 0 Å². The van der Waals surface area contributed by atoms with Crippen molar-refractivity contribution in [3.05, 3.63) is 22.2 Å². The first-order valence-electron chi connectivity index (χ1n) is 6.61. The van der Waals surface area contributed by atoms with Crippen LogP contribution in [0.3, 0.4) is 0 Å². The van der Waals surface area contributed by atoms with Crippen LogP contribution in [0.25, 0.3) is 0 Å². The van der Waals surface area contributed by atoms with E-state index in [4.69, 9.17) is 10.5 Å². The molecule has 0 fully saturated rings. The molecule has 1 aliphatic rings. The van der Waals surface area contributed by atoms with Crippen molar-refractivity contribution in [1.29, 1.82) is 0 Å². The van der Waals surface area contributed by atoms with Crippen LogP contribution in [-0.2, 0) is 10.2 Å². The van der Waals surface area contributed by atoms with Gasteiger partial charge in [0.2, 0.25) is 0 Å². The number of ether oxygens (including phenoxy) is 1. The Kier molecular flexibility index (Phi) is 3.53. The van der Waals surface area contributed by atoms with Gasteiger partial charge in [-0.15, -0.1) is 0 Å². The van der Waals surface area contributed by atoms with Crippen LogP contribution < -0.4 is 10.6 Å². The first-order chi connectivity index (χ1) is 9.01. The molecule has 0 aromatic heterocycles. The summed E-state index contributed by atoms with van der Waals surface area (Å²) in [5.74, 6) is 0. The van der Waals surface area contributed by atoms with Crippen LogP contribution in [0.5, 0.6) is 0 Å². The van der Waals surface area contributed by atoms with Crippen molar-refractivity contribution in [3.63, 3.8) is 0 Å². The summed E-state index contributed by atoms with van der Waals surface area (Å²) in [5, 5.41) is 0. The number of rotatable bonds is 0. The lowest BCUT2D eigenvalue weighted by Crippen LogP contribution is -2.38. The van der Waals surface area contributed by atoms with E-state index < -0.39 is 5.60 Å². The largest absolute Gasteiger partial charge is 0.443 e. The molecule has 5 heteroatoms. The van der Waals surface area contributed by atoms with Crippen LogP contribution >= 0.6 is 15.9 Å². The van der Waals surface area contributed by atoms with Gasteiger partial charge in [-0.25, -0.2) is 4.79 Å². The molecule has 2 N–H and O–H groups in total. The van der Waals surface area contributed by atoms with E-state index in [1.165, 1.54) is 0 Å². The second-order valence-electron chi connectivity index (χ2n) is 6.84. The summed E-state index contributed by atoms with van der Waals surface area (Å²) >= 11 is 3.46. The maximum absolute atomic E-state index is 12.4. The Labute approximate surface area is 128 Å². The summed E-state index contributed by atoms with van der Waals surface area (Å²) < 4.78 is 6.40. The zero-order valence-corrected chi connectivity index (χ0v) is 14.2. The van der Waals surface area contributed by atoms with Gasteiger partial charge in [-0.2, -0.15) is 0 Å². The molecule has 1 heterocycles. The molecule has 0 saturated carbocycles. The van der Waals surface area contributed by atoms with Crippen molar-refractivity contribution in [2.24, 2.45) is 0 Å². The average Bonchev–Trinajstić information content (AvgIpc) is 2.49. The Morgan fingerprint density at radius 1 is 1.40 bits per heavy atom. The summed E-state index contributed by atoms with van der Waals surface area (Å²) in [6, 6.07) is 3.84. The van der Waals surface area contributed by atoms with E-state index >= 15 is 0 Å². The maximum atomic E-state index is 12.4. The molecule has 4 nitrogen and oxygen atoms in total. The third-order valence-corrected chi connectivity index (χ3v) is 3.73. The molecule has 110 valence electrons. The molecule has 0 unspecified atom stereocenters. The number of halogens is 1. The number of nitrogens with zero attached hydrogens (tertiary/aromatic N) is 1. The quantitative estimate of drug-likeness (QED) is 0.724. The van der Waals surface area contributed by atoms with E-state index in [0.29, 0.717) is 12.2 Å². The average molecular weight is 341 g/mol. The molecule has 0 radical (unpaired) electrons. The number of hydrogen-bond donors (Lipinski definition) is 1. The Morgan fingerprint density at radius 3 is 2.55 bits per heavy atom. The van der Waals surface area contributed by atoms with Crippen LogP contribution in [0.1, 0.15) is 40.2 Å². The number of fused-ring (bicyclic) bond motifs is 1. The number of hydrogen-bond acceptors (Lipinski definition) is 3. The molecular formula is C15H21BrN2O2. The lowest BCUT2D eigenvalue weighted by Gasteiger charge is -2.26. The molecule has 1 aliphatic heterocycles. The molecule has 0 spiro atoms. The molecule has 1 aromatic carbocycles. The highest BCUT2D eigenvalue weighted by molar-refractivity contribution is 9.10. The Balaban J connectivity index is 2.45. The van der Waals surface area contributed by atoms with Gasteiger partial charge in [-0.05, 0) is 38.5 Å². The highest BCUT2D eigenvalue weighted by Crippen LogP contribution is 2.45. The summed E-state index contributed by atoms with van der Waals surface area (Å²) in [6.07, 6.45) is -0.349. The highest BCUT2D eigenvalue weighted by Gasteiger charge is 2.41. The van der Waals surface area contributed by atoms with Crippen molar-refractivity contribution in [2.75, 3.05) is 17.2 Å².